The standard InChI is InChI=1S/C13H21N3O2/c1-15(2)8-9-16(3)10-12-11(13(17)18-4)6-5-7-14-12/h5-7H,8-10H2,1-4H3. The zero-order chi connectivity index (χ0) is 13.5. The molecule has 0 aromatic carbocycles. The lowest BCUT2D eigenvalue weighted by Gasteiger charge is -2.19. The first-order valence-corrected chi connectivity index (χ1v) is 5.90. The molecule has 0 atom stereocenters. The second-order valence-electron chi connectivity index (χ2n) is 4.53. The van der Waals surface area contributed by atoms with Gasteiger partial charge in [0, 0.05) is 25.8 Å². The molecule has 1 heterocycles. The molecule has 1 aromatic heterocycles. The molecule has 0 aliphatic carbocycles. The van der Waals surface area contributed by atoms with Crippen LogP contribution in [0.5, 0.6) is 0 Å². The second kappa shape index (κ2) is 7.08. The Bertz CT molecular complexity index is 394. The van der Waals surface area contributed by atoms with E-state index in [9.17, 15) is 4.79 Å². The van der Waals surface area contributed by atoms with Crippen LogP contribution >= 0.6 is 0 Å². The largest absolute Gasteiger partial charge is 0.465 e. The Labute approximate surface area is 108 Å². The van der Waals surface area contributed by atoms with E-state index in [4.69, 9.17) is 4.74 Å². The van der Waals surface area contributed by atoms with Gasteiger partial charge in [-0.2, -0.15) is 0 Å². The van der Waals surface area contributed by atoms with Crippen molar-refractivity contribution in [3.8, 4) is 0 Å². The number of ether oxygens (including phenoxy) is 1. The molecule has 100 valence electrons. The predicted octanol–water partition coefficient (Wildman–Crippen LogP) is 0.862. The summed E-state index contributed by atoms with van der Waals surface area (Å²) in [6.07, 6.45) is 1.70. The van der Waals surface area contributed by atoms with Crippen LogP contribution in [0.4, 0.5) is 0 Å². The number of esters is 1. The van der Waals surface area contributed by atoms with Crippen molar-refractivity contribution < 1.29 is 9.53 Å². The Morgan fingerprint density at radius 2 is 2.06 bits per heavy atom. The molecule has 0 bridgehead atoms. The summed E-state index contributed by atoms with van der Waals surface area (Å²) in [7, 11) is 7.47. The number of nitrogens with zero attached hydrogens (tertiary/aromatic N) is 3. The van der Waals surface area contributed by atoms with Gasteiger partial charge >= 0.3 is 5.97 Å². The quantitative estimate of drug-likeness (QED) is 0.702. The molecule has 5 nitrogen and oxygen atoms in total. The first-order chi connectivity index (χ1) is 8.54. The van der Waals surface area contributed by atoms with Crippen LogP contribution in [0.2, 0.25) is 0 Å². The highest BCUT2D eigenvalue weighted by atomic mass is 16.5. The molecular formula is C13H21N3O2. The average molecular weight is 251 g/mol. The fourth-order valence-corrected chi connectivity index (χ4v) is 1.57. The molecule has 0 saturated heterocycles. The Morgan fingerprint density at radius 3 is 2.67 bits per heavy atom. The van der Waals surface area contributed by atoms with E-state index >= 15 is 0 Å². The molecule has 0 fully saturated rings. The minimum absolute atomic E-state index is 0.334. The van der Waals surface area contributed by atoms with E-state index in [1.165, 1.54) is 7.11 Å². The van der Waals surface area contributed by atoms with Crippen LogP contribution in [0.3, 0.4) is 0 Å². The predicted molar refractivity (Wildman–Crippen MR) is 70.5 cm³/mol. The third-order valence-corrected chi connectivity index (χ3v) is 2.64. The number of hydrogen-bond acceptors (Lipinski definition) is 5. The number of aromatic nitrogens is 1. The summed E-state index contributed by atoms with van der Waals surface area (Å²) in [6.45, 7) is 2.53. The van der Waals surface area contributed by atoms with Crippen LogP contribution in [-0.4, -0.2) is 62.1 Å². The van der Waals surface area contributed by atoms with E-state index in [0.29, 0.717) is 12.1 Å². The molecule has 0 N–H and O–H groups in total. The summed E-state index contributed by atoms with van der Waals surface area (Å²) in [4.78, 5) is 20.1. The van der Waals surface area contributed by atoms with Crippen molar-refractivity contribution in [2.45, 2.75) is 6.54 Å². The Kier molecular flexibility index (Phi) is 5.74. The Morgan fingerprint density at radius 1 is 1.33 bits per heavy atom. The molecule has 1 rings (SSSR count). The summed E-state index contributed by atoms with van der Waals surface area (Å²) in [5.74, 6) is -0.334. The number of hydrogen-bond donors (Lipinski definition) is 0. The summed E-state index contributed by atoms with van der Waals surface area (Å²) in [5, 5.41) is 0. The molecule has 0 amide bonds. The van der Waals surface area contributed by atoms with E-state index in [-0.39, 0.29) is 5.97 Å². The van der Waals surface area contributed by atoms with Crippen molar-refractivity contribution in [3.63, 3.8) is 0 Å². The summed E-state index contributed by atoms with van der Waals surface area (Å²) in [5.41, 5.74) is 1.29. The molecule has 0 radical (unpaired) electrons. The van der Waals surface area contributed by atoms with Gasteiger partial charge in [-0.15, -0.1) is 0 Å². The third kappa shape index (κ3) is 4.43. The molecule has 0 saturated carbocycles. The SMILES string of the molecule is COC(=O)c1cccnc1CN(C)CCN(C)C. The normalized spacial score (nSPS) is 11.0. The number of carbonyl (C=O) groups is 1. The van der Waals surface area contributed by atoms with Crippen molar-refractivity contribution in [1.82, 2.24) is 14.8 Å². The second-order valence-corrected chi connectivity index (χ2v) is 4.53. The maximum atomic E-state index is 11.6. The number of pyridine rings is 1. The highest BCUT2D eigenvalue weighted by molar-refractivity contribution is 5.90. The van der Waals surface area contributed by atoms with Gasteiger partial charge in [-0.3, -0.25) is 9.88 Å². The van der Waals surface area contributed by atoms with E-state index in [1.54, 1.807) is 18.3 Å². The Hall–Kier alpha value is -1.46. The first kappa shape index (κ1) is 14.6. The minimum atomic E-state index is -0.334. The van der Waals surface area contributed by atoms with E-state index in [2.05, 4.69) is 14.8 Å². The monoisotopic (exact) mass is 251 g/mol. The zero-order valence-corrected chi connectivity index (χ0v) is 11.5. The van der Waals surface area contributed by atoms with Gasteiger partial charge in [0.05, 0.1) is 18.4 Å². The van der Waals surface area contributed by atoms with E-state index < -0.39 is 0 Å². The maximum Gasteiger partial charge on any atom is 0.339 e. The molecule has 0 unspecified atom stereocenters. The third-order valence-electron chi connectivity index (χ3n) is 2.64. The van der Waals surface area contributed by atoms with Gasteiger partial charge in [0.15, 0.2) is 0 Å². The molecule has 18 heavy (non-hydrogen) atoms. The van der Waals surface area contributed by atoms with Crippen LogP contribution in [-0.2, 0) is 11.3 Å². The average Bonchev–Trinajstić information content (AvgIpc) is 2.36. The fourth-order valence-electron chi connectivity index (χ4n) is 1.57. The van der Waals surface area contributed by atoms with Crippen molar-refractivity contribution in [2.24, 2.45) is 0 Å². The zero-order valence-electron chi connectivity index (χ0n) is 11.5. The molecular weight excluding hydrogens is 230 g/mol. The van der Waals surface area contributed by atoms with Crippen LogP contribution in [0.1, 0.15) is 16.1 Å². The van der Waals surface area contributed by atoms with Gasteiger partial charge < -0.3 is 9.64 Å². The summed E-state index contributed by atoms with van der Waals surface area (Å²) >= 11 is 0. The molecule has 5 heteroatoms. The highest BCUT2D eigenvalue weighted by Gasteiger charge is 2.13. The number of carbonyl (C=O) groups excluding carboxylic acids is 1. The number of methoxy groups -OCH3 is 1. The van der Waals surface area contributed by atoms with Crippen molar-refractivity contribution >= 4 is 5.97 Å². The lowest BCUT2D eigenvalue weighted by atomic mass is 10.2. The molecule has 0 aliphatic rings. The van der Waals surface area contributed by atoms with Crippen LogP contribution < -0.4 is 0 Å². The Balaban J connectivity index is 2.69. The highest BCUT2D eigenvalue weighted by Crippen LogP contribution is 2.09. The lowest BCUT2D eigenvalue weighted by Crippen LogP contribution is -2.29. The smallest absolute Gasteiger partial charge is 0.339 e. The number of likely N-dealkylation sites (N-methyl/N-ethyl adjacent to an activating group) is 2. The minimum Gasteiger partial charge on any atom is -0.465 e. The van der Waals surface area contributed by atoms with Gasteiger partial charge in [-0.25, -0.2) is 4.79 Å². The van der Waals surface area contributed by atoms with Crippen LogP contribution in [0.25, 0.3) is 0 Å². The van der Waals surface area contributed by atoms with Crippen molar-refractivity contribution in [2.75, 3.05) is 41.3 Å². The molecule has 0 aliphatic heterocycles. The van der Waals surface area contributed by atoms with E-state index in [0.717, 1.165) is 18.8 Å². The first-order valence-electron chi connectivity index (χ1n) is 5.90. The van der Waals surface area contributed by atoms with Crippen molar-refractivity contribution in [1.29, 1.82) is 0 Å². The fraction of sp³-hybridized carbons (Fsp3) is 0.538. The summed E-state index contributed by atoms with van der Waals surface area (Å²) in [6, 6.07) is 3.49. The van der Waals surface area contributed by atoms with Gasteiger partial charge in [-0.1, -0.05) is 0 Å². The van der Waals surface area contributed by atoms with E-state index in [1.807, 2.05) is 21.1 Å². The van der Waals surface area contributed by atoms with Gasteiger partial charge in [0.2, 0.25) is 0 Å². The molecule has 0 spiro atoms. The summed E-state index contributed by atoms with van der Waals surface area (Å²) < 4.78 is 4.75. The topological polar surface area (TPSA) is 45.7 Å². The van der Waals surface area contributed by atoms with Crippen molar-refractivity contribution in [3.05, 3.63) is 29.6 Å². The number of rotatable bonds is 6. The maximum absolute atomic E-state index is 11.6. The van der Waals surface area contributed by atoms with Gasteiger partial charge in [0.25, 0.3) is 0 Å². The van der Waals surface area contributed by atoms with Crippen LogP contribution in [0.15, 0.2) is 18.3 Å². The van der Waals surface area contributed by atoms with Crippen LogP contribution in [0, 0.1) is 0 Å². The molecule has 1 aromatic rings. The lowest BCUT2D eigenvalue weighted by molar-refractivity contribution is 0.0597. The van der Waals surface area contributed by atoms with Gasteiger partial charge in [-0.05, 0) is 33.3 Å². The van der Waals surface area contributed by atoms with Gasteiger partial charge in [0.1, 0.15) is 0 Å².